The van der Waals surface area contributed by atoms with E-state index in [0.29, 0.717) is 12.2 Å². The molecule has 0 fully saturated rings. The fraction of sp³-hybridized carbons (Fsp3) is 0.571. The number of benzene rings is 1. The second-order valence-electron chi connectivity index (χ2n) is 6.09. The molecule has 1 heterocycles. The van der Waals surface area contributed by atoms with Crippen LogP contribution in [0.5, 0.6) is 5.75 Å². The summed E-state index contributed by atoms with van der Waals surface area (Å²) >= 11 is 0. The lowest BCUT2D eigenvalue weighted by Crippen LogP contribution is -2.41. The van der Waals surface area contributed by atoms with Gasteiger partial charge in [-0.05, 0) is 38.5 Å². The zero-order chi connectivity index (χ0) is 15.1. The molecule has 0 saturated carbocycles. The summed E-state index contributed by atoms with van der Waals surface area (Å²) in [5, 5.41) is 0. The molecule has 1 aromatic rings. The predicted molar refractivity (Wildman–Crippen MR) is 79.1 cm³/mol. The molecule has 6 heteroatoms. The minimum Gasteiger partial charge on any atom is -0.487 e. The second kappa shape index (κ2) is 5.02. The highest BCUT2D eigenvalue weighted by atomic mass is 32.2. The smallest absolute Gasteiger partial charge is 0.209 e. The number of hydrogen-bond donors (Lipinski definition) is 2. The lowest BCUT2D eigenvalue weighted by Gasteiger charge is -2.38. The summed E-state index contributed by atoms with van der Waals surface area (Å²) in [5.41, 5.74) is 7.30. The van der Waals surface area contributed by atoms with Crippen LogP contribution in [-0.4, -0.2) is 20.3 Å². The average molecular weight is 298 g/mol. The van der Waals surface area contributed by atoms with Crippen molar-refractivity contribution < 1.29 is 13.2 Å². The van der Waals surface area contributed by atoms with Crippen LogP contribution < -0.4 is 15.2 Å². The van der Waals surface area contributed by atoms with Gasteiger partial charge >= 0.3 is 0 Å². The number of nitrogens with two attached hydrogens (primary N) is 1. The van der Waals surface area contributed by atoms with E-state index >= 15 is 0 Å². The van der Waals surface area contributed by atoms with Crippen molar-refractivity contribution in [2.45, 2.75) is 44.9 Å². The van der Waals surface area contributed by atoms with E-state index in [1.165, 1.54) is 6.26 Å². The minimum atomic E-state index is -3.29. The van der Waals surface area contributed by atoms with Gasteiger partial charge in [-0.25, -0.2) is 13.1 Å². The number of fused-ring (bicyclic) bond motifs is 1. The van der Waals surface area contributed by atoms with Crippen molar-refractivity contribution in [3.63, 3.8) is 0 Å². The Morgan fingerprint density at radius 2 is 2.10 bits per heavy atom. The lowest BCUT2D eigenvalue weighted by molar-refractivity contribution is 0.0701. The van der Waals surface area contributed by atoms with Crippen LogP contribution in [-0.2, 0) is 10.0 Å². The van der Waals surface area contributed by atoms with Gasteiger partial charge in [0.05, 0.1) is 12.3 Å². The monoisotopic (exact) mass is 298 g/mol. The van der Waals surface area contributed by atoms with Gasteiger partial charge in [-0.2, -0.15) is 0 Å². The number of rotatable bonds is 3. The zero-order valence-corrected chi connectivity index (χ0v) is 13.1. The van der Waals surface area contributed by atoms with Gasteiger partial charge in [-0.15, -0.1) is 0 Å². The average Bonchev–Trinajstić information content (AvgIpc) is 2.24. The Kier molecular flexibility index (Phi) is 3.83. The molecule has 3 N–H and O–H groups in total. The van der Waals surface area contributed by atoms with Crippen LogP contribution in [0, 0.1) is 0 Å². The fourth-order valence-electron chi connectivity index (χ4n) is 2.52. The zero-order valence-electron chi connectivity index (χ0n) is 12.3. The Morgan fingerprint density at radius 3 is 2.65 bits per heavy atom. The summed E-state index contributed by atoms with van der Waals surface area (Å²) in [5.74, 6) is 0.715. The van der Waals surface area contributed by atoms with Crippen LogP contribution in [0.1, 0.15) is 50.4 Å². The molecule has 5 nitrogen and oxygen atoms in total. The lowest BCUT2D eigenvalue weighted by atomic mass is 9.89. The Hall–Kier alpha value is -1.11. The van der Waals surface area contributed by atoms with E-state index in [1.54, 1.807) is 0 Å². The molecule has 2 rings (SSSR count). The molecule has 1 aliphatic heterocycles. The van der Waals surface area contributed by atoms with E-state index in [-0.39, 0.29) is 12.1 Å². The van der Waals surface area contributed by atoms with Gasteiger partial charge in [0, 0.05) is 18.0 Å². The number of sulfonamides is 1. The third kappa shape index (κ3) is 3.50. The van der Waals surface area contributed by atoms with E-state index in [1.807, 2.05) is 39.0 Å². The molecular weight excluding hydrogens is 276 g/mol. The summed E-state index contributed by atoms with van der Waals surface area (Å²) in [7, 11) is -3.29. The van der Waals surface area contributed by atoms with E-state index < -0.39 is 15.6 Å². The van der Waals surface area contributed by atoms with Gasteiger partial charge in [0.1, 0.15) is 11.4 Å². The standard InChI is InChI=1S/C14H22N2O3S/c1-9(15)10-5-6-13-11(7-10)12(16-20(4,17)18)8-14(2,3)19-13/h5-7,9,12,16H,8,15H2,1-4H3. The first kappa shape index (κ1) is 15.3. The molecule has 2 atom stereocenters. The normalized spacial score (nSPS) is 22.8. The van der Waals surface area contributed by atoms with Gasteiger partial charge < -0.3 is 10.5 Å². The Morgan fingerprint density at radius 1 is 1.45 bits per heavy atom. The first-order valence-electron chi connectivity index (χ1n) is 6.63. The van der Waals surface area contributed by atoms with Gasteiger partial charge in [0.15, 0.2) is 0 Å². The fourth-order valence-corrected chi connectivity index (χ4v) is 3.25. The number of nitrogens with one attached hydrogen (secondary N) is 1. The van der Waals surface area contributed by atoms with Crippen LogP contribution >= 0.6 is 0 Å². The molecule has 1 aromatic carbocycles. The molecule has 0 radical (unpaired) electrons. The summed E-state index contributed by atoms with van der Waals surface area (Å²) in [4.78, 5) is 0. The Bertz CT molecular complexity index is 609. The third-order valence-electron chi connectivity index (χ3n) is 3.37. The molecule has 0 spiro atoms. The van der Waals surface area contributed by atoms with E-state index in [9.17, 15) is 8.42 Å². The van der Waals surface area contributed by atoms with E-state index in [4.69, 9.17) is 10.5 Å². The second-order valence-corrected chi connectivity index (χ2v) is 7.87. The van der Waals surface area contributed by atoms with Crippen LogP contribution in [0.25, 0.3) is 0 Å². The van der Waals surface area contributed by atoms with Crippen molar-refractivity contribution >= 4 is 10.0 Å². The Labute approximate surface area is 120 Å². The van der Waals surface area contributed by atoms with Crippen molar-refractivity contribution in [3.8, 4) is 5.75 Å². The highest BCUT2D eigenvalue weighted by Crippen LogP contribution is 2.40. The summed E-state index contributed by atoms with van der Waals surface area (Å²) in [6, 6.07) is 5.32. The predicted octanol–water partition coefficient (Wildman–Crippen LogP) is 1.86. The number of hydrogen-bond acceptors (Lipinski definition) is 4. The van der Waals surface area contributed by atoms with Crippen molar-refractivity contribution in [1.82, 2.24) is 4.72 Å². The maximum Gasteiger partial charge on any atom is 0.209 e. The number of ether oxygens (including phenoxy) is 1. The van der Waals surface area contributed by atoms with Gasteiger partial charge in [-0.3, -0.25) is 0 Å². The molecule has 0 saturated heterocycles. The Balaban J connectivity index is 2.46. The minimum absolute atomic E-state index is 0.103. The van der Waals surface area contributed by atoms with Gasteiger partial charge in [0.25, 0.3) is 0 Å². The highest BCUT2D eigenvalue weighted by Gasteiger charge is 2.35. The topological polar surface area (TPSA) is 81.4 Å². The summed E-state index contributed by atoms with van der Waals surface area (Å²) in [6.07, 6.45) is 1.75. The molecule has 0 bridgehead atoms. The summed E-state index contributed by atoms with van der Waals surface area (Å²) < 4.78 is 31.7. The maximum atomic E-state index is 11.6. The molecule has 20 heavy (non-hydrogen) atoms. The molecule has 0 aromatic heterocycles. The van der Waals surface area contributed by atoms with Crippen LogP contribution in [0.15, 0.2) is 18.2 Å². The van der Waals surface area contributed by atoms with Crippen molar-refractivity contribution in [2.24, 2.45) is 5.73 Å². The van der Waals surface area contributed by atoms with Crippen LogP contribution in [0.3, 0.4) is 0 Å². The van der Waals surface area contributed by atoms with Crippen molar-refractivity contribution in [3.05, 3.63) is 29.3 Å². The first-order valence-corrected chi connectivity index (χ1v) is 8.52. The SMILES string of the molecule is CC(N)c1ccc2c(c1)C(NS(C)(=O)=O)CC(C)(C)O2. The third-order valence-corrected chi connectivity index (χ3v) is 4.09. The summed E-state index contributed by atoms with van der Waals surface area (Å²) in [6.45, 7) is 5.80. The quantitative estimate of drug-likeness (QED) is 0.892. The van der Waals surface area contributed by atoms with E-state index in [2.05, 4.69) is 4.72 Å². The highest BCUT2D eigenvalue weighted by molar-refractivity contribution is 7.88. The van der Waals surface area contributed by atoms with Crippen molar-refractivity contribution in [2.75, 3.05) is 6.26 Å². The molecule has 0 aliphatic carbocycles. The molecule has 2 unspecified atom stereocenters. The first-order chi connectivity index (χ1) is 9.07. The molecule has 112 valence electrons. The van der Waals surface area contributed by atoms with Crippen LogP contribution in [0.4, 0.5) is 0 Å². The molecule has 0 amide bonds. The van der Waals surface area contributed by atoms with E-state index in [0.717, 1.165) is 11.1 Å². The van der Waals surface area contributed by atoms with Gasteiger partial charge in [0.2, 0.25) is 10.0 Å². The van der Waals surface area contributed by atoms with Crippen molar-refractivity contribution in [1.29, 1.82) is 0 Å². The van der Waals surface area contributed by atoms with Crippen LogP contribution in [0.2, 0.25) is 0 Å². The molecular formula is C14H22N2O3S. The largest absolute Gasteiger partial charge is 0.487 e. The van der Waals surface area contributed by atoms with Gasteiger partial charge in [-0.1, -0.05) is 6.07 Å². The maximum absolute atomic E-state index is 11.6. The molecule has 1 aliphatic rings.